The van der Waals surface area contributed by atoms with Gasteiger partial charge in [-0.15, -0.1) is 0 Å². The molecule has 11 nitrogen and oxygen atoms in total. The Morgan fingerprint density at radius 3 is 2.86 bits per heavy atom. The molecule has 7 N–H and O–H groups in total. The molecule has 1 atom stereocenters. The van der Waals surface area contributed by atoms with Crippen LogP contribution in [0.2, 0.25) is 0 Å². The molecule has 1 aliphatic rings. The summed E-state index contributed by atoms with van der Waals surface area (Å²) < 4.78 is 0. The monoisotopic (exact) mass is 390 g/mol. The maximum Gasteiger partial charge on any atom is 0.277 e. The van der Waals surface area contributed by atoms with Gasteiger partial charge in [0.25, 0.3) is 5.56 Å². The zero-order valence-electron chi connectivity index (χ0n) is 15.2. The fourth-order valence-electron chi connectivity index (χ4n) is 2.94. The van der Waals surface area contributed by atoms with Gasteiger partial charge in [0, 0.05) is 20.0 Å². The lowest BCUT2D eigenvalue weighted by molar-refractivity contribution is -0.131. The molecule has 1 aliphatic heterocycles. The average Bonchev–Trinajstić information content (AvgIpc) is 3.04. The molecule has 0 aliphatic carbocycles. The fraction of sp³-hybridized carbons (Fsp3) is 0.353. The lowest BCUT2D eigenvalue weighted by atomic mass is 10.1. The standard InChI is InChI=1S/C17H22N6O5/c1-22(7-12(26)9-2-3-10(24)11(25)6-9)13(27)4-5-23-8-19-14-15(23)20-17(18)21-16(14)28/h2-3,6,12,19,24-26H,4-5,7-8H2,1H3,(H3,18,20,21,28). The van der Waals surface area contributed by atoms with Crippen molar-refractivity contribution in [3.05, 3.63) is 34.1 Å². The molecule has 11 heteroatoms. The quantitative estimate of drug-likeness (QED) is 0.357. The van der Waals surface area contributed by atoms with Gasteiger partial charge >= 0.3 is 0 Å². The SMILES string of the molecule is CN(CC(O)c1ccc(O)c(O)c1)C(=O)CCN1CNc2c1nc(N)[nH]c2=O. The van der Waals surface area contributed by atoms with Crippen LogP contribution in [0.5, 0.6) is 11.5 Å². The molecule has 1 aromatic carbocycles. The van der Waals surface area contributed by atoms with Crippen LogP contribution in [0.15, 0.2) is 23.0 Å². The van der Waals surface area contributed by atoms with E-state index < -0.39 is 6.10 Å². The van der Waals surface area contributed by atoms with E-state index in [1.807, 2.05) is 0 Å². The summed E-state index contributed by atoms with van der Waals surface area (Å²) in [5, 5.41) is 32.0. The number of likely N-dealkylation sites (N-methyl/N-ethyl adjacent to an activating group) is 1. The number of nitrogen functional groups attached to an aromatic ring is 1. The van der Waals surface area contributed by atoms with Crippen LogP contribution in [-0.2, 0) is 4.79 Å². The minimum absolute atomic E-state index is 0.00108. The number of anilines is 3. The molecule has 0 fully saturated rings. The number of benzene rings is 1. The van der Waals surface area contributed by atoms with Crippen LogP contribution in [0.3, 0.4) is 0 Å². The summed E-state index contributed by atoms with van der Waals surface area (Å²) in [6, 6.07) is 3.99. The van der Waals surface area contributed by atoms with Crippen LogP contribution < -0.4 is 21.5 Å². The highest BCUT2D eigenvalue weighted by atomic mass is 16.3. The lowest BCUT2D eigenvalue weighted by Crippen LogP contribution is -2.34. The molecule has 28 heavy (non-hydrogen) atoms. The third-order valence-corrected chi connectivity index (χ3v) is 4.52. The molecule has 1 unspecified atom stereocenters. The van der Waals surface area contributed by atoms with E-state index in [0.717, 1.165) is 0 Å². The Morgan fingerprint density at radius 2 is 2.14 bits per heavy atom. The van der Waals surface area contributed by atoms with Gasteiger partial charge in [0.05, 0.1) is 19.3 Å². The predicted octanol–water partition coefficient (Wildman–Crippen LogP) is -0.465. The number of nitrogens with zero attached hydrogens (tertiary/aromatic N) is 3. The molecule has 2 aromatic rings. The van der Waals surface area contributed by atoms with Gasteiger partial charge in [0.2, 0.25) is 11.9 Å². The number of H-pyrrole nitrogens is 1. The number of aromatic amines is 1. The number of phenolic OH excluding ortho intramolecular Hbond substituents is 2. The van der Waals surface area contributed by atoms with Crippen LogP contribution in [0.1, 0.15) is 18.1 Å². The Morgan fingerprint density at radius 1 is 1.39 bits per heavy atom. The topological polar surface area (TPSA) is 168 Å². The van der Waals surface area contributed by atoms with Crippen molar-refractivity contribution in [1.82, 2.24) is 14.9 Å². The molecule has 0 spiro atoms. The molecular formula is C17H22N6O5. The van der Waals surface area contributed by atoms with Crippen molar-refractivity contribution in [3.63, 3.8) is 0 Å². The van der Waals surface area contributed by atoms with E-state index in [1.165, 1.54) is 23.1 Å². The van der Waals surface area contributed by atoms with Gasteiger partial charge in [-0.05, 0) is 17.7 Å². The summed E-state index contributed by atoms with van der Waals surface area (Å²) in [5.74, 6) is -0.439. The number of amides is 1. The molecule has 0 saturated heterocycles. The molecular weight excluding hydrogens is 368 g/mol. The van der Waals surface area contributed by atoms with Crippen molar-refractivity contribution < 1.29 is 20.1 Å². The van der Waals surface area contributed by atoms with E-state index in [0.29, 0.717) is 30.3 Å². The maximum absolute atomic E-state index is 12.4. The molecule has 150 valence electrons. The van der Waals surface area contributed by atoms with Crippen molar-refractivity contribution in [3.8, 4) is 11.5 Å². The van der Waals surface area contributed by atoms with E-state index in [9.17, 15) is 24.9 Å². The summed E-state index contributed by atoms with van der Waals surface area (Å²) >= 11 is 0. The molecule has 0 bridgehead atoms. The predicted molar refractivity (Wildman–Crippen MR) is 102 cm³/mol. The zero-order valence-corrected chi connectivity index (χ0v) is 15.2. The first-order chi connectivity index (χ1) is 13.3. The molecule has 2 heterocycles. The number of hydrogen-bond donors (Lipinski definition) is 6. The average molecular weight is 390 g/mol. The number of aliphatic hydroxyl groups is 1. The van der Waals surface area contributed by atoms with Gasteiger partial charge in [-0.25, -0.2) is 0 Å². The second-order valence-electron chi connectivity index (χ2n) is 6.54. The Bertz CT molecular complexity index is 946. The molecule has 0 radical (unpaired) electrons. The number of aromatic nitrogens is 2. The fourth-order valence-corrected chi connectivity index (χ4v) is 2.94. The van der Waals surface area contributed by atoms with Gasteiger partial charge in [-0.1, -0.05) is 6.07 Å². The molecule has 1 amide bonds. The van der Waals surface area contributed by atoms with Crippen molar-refractivity contribution in [1.29, 1.82) is 0 Å². The molecule has 0 saturated carbocycles. The number of carbonyl (C=O) groups excluding carboxylic acids is 1. The first kappa shape index (κ1) is 19.3. The Hall–Kier alpha value is -3.47. The maximum atomic E-state index is 12.4. The summed E-state index contributed by atoms with van der Waals surface area (Å²) in [5.41, 5.74) is 5.90. The van der Waals surface area contributed by atoms with E-state index in [1.54, 1.807) is 11.9 Å². The second kappa shape index (κ2) is 7.64. The van der Waals surface area contributed by atoms with Gasteiger partial charge in [-0.2, -0.15) is 4.98 Å². The minimum atomic E-state index is -1.02. The third kappa shape index (κ3) is 3.93. The third-order valence-electron chi connectivity index (χ3n) is 4.52. The van der Waals surface area contributed by atoms with E-state index in [4.69, 9.17) is 5.73 Å². The van der Waals surface area contributed by atoms with Crippen LogP contribution in [-0.4, -0.2) is 62.9 Å². The normalized spacial score (nSPS) is 13.7. The Kier molecular flexibility index (Phi) is 5.27. The lowest BCUT2D eigenvalue weighted by Gasteiger charge is -2.23. The zero-order chi connectivity index (χ0) is 20.4. The van der Waals surface area contributed by atoms with Gasteiger partial charge in [0.15, 0.2) is 17.3 Å². The number of fused-ring (bicyclic) bond motifs is 1. The summed E-state index contributed by atoms with van der Waals surface area (Å²) in [6.07, 6.45) is -0.880. The Balaban J connectivity index is 1.57. The van der Waals surface area contributed by atoms with Gasteiger partial charge in [0.1, 0.15) is 5.69 Å². The van der Waals surface area contributed by atoms with Gasteiger partial charge in [-0.3, -0.25) is 14.6 Å². The van der Waals surface area contributed by atoms with Crippen molar-refractivity contribution in [2.75, 3.05) is 42.8 Å². The van der Waals surface area contributed by atoms with E-state index in [-0.39, 0.29) is 41.9 Å². The smallest absolute Gasteiger partial charge is 0.277 e. The number of aromatic hydroxyl groups is 2. The largest absolute Gasteiger partial charge is 0.504 e. The first-order valence-corrected chi connectivity index (χ1v) is 8.58. The van der Waals surface area contributed by atoms with Crippen LogP contribution in [0, 0.1) is 0 Å². The summed E-state index contributed by atoms with van der Waals surface area (Å²) in [7, 11) is 1.56. The second-order valence-corrected chi connectivity index (χ2v) is 6.54. The summed E-state index contributed by atoms with van der Waals surface area (Å²) in [4.78, 5) is 33.8. The van der Waals surface area contributed by atoms with Crippen molar-refractivity contribution in [2.45, 2.75) is 12.5 Å². The highest BCUT2D eigenvalue weighted by molar-refractivity contribution is 5.77. The van der Waals surface area contributed by atoms with E-state index >= 15 is 0 Å². The van der Waals surface area contributed by atoms with Crippen LogP contribution in [0.25, 0.3) is 0 Å². The Labute approximate surface area is 160 Å². The number of aliphatic hydroxyl groups excluding tert-OH is 1. The number of nitrogens with one attached hydrogen (secondary N) is 2. The molecule has 3 rings (SSSR count). The first-order valence-electron chi connectivity index (χ1n) is 8.58. The minimum Gasteiger partial charge on any atom is -0.504 e. The van der Waals surface area contributed by atoms with Crippen LogP contribution >= 0.6 is 0 Å². The number of carbonyl (C=O) groups is 1. The summed E-state index contributed by atoms with van der Waals surface area (Å²) in [6.45, 7) is 0.666. The van der Waals surface area contributed by atoms with Gasteiger partial charge < -0.3 is 36.2 Å². The van der Waals surface area contributed by atoms with Crippen molar-refractivity contribution in [2.24, 2.45) is 0 Å². The molecule has 1 aromatic heterocycles. The number of phenols is 2. The number of nitrogens with two attached hydrogens (primary N) is 1. The highest BCUT2D eigenvalue weighted by Gasteiger charge is 2.25. The highest BCUT2D eigenvalue weighted by Crippen LogP contribution is 2.28. The number of rotatable bonds is 6. The van der Waals surface area contributed by atoms with E-state index in [2.05, 4.69) is 15.3 Å². The van der Waals surface area contributed by atoms with Crippen molar-refractivity contribution >= 4 is 23.4 Å². The van der Waals surface area contributed by atoms with Crippen LogP contribution in [0.4, 0.5) is 17.5 Å². The number of hydrogen-bond acceptors (Lipinski definition) is 9.